The first-order chi connectivity index (χ1) is 5.42. The monoisotopic (exact) mass is 154 g/mol. The van der Waals surface area contributed by atoms with Gasteiger partial charge >= 0.3 is 0 Å². The van der Waals surface area contributed by atoms with Gasteiger partial charge in [-0.25, -0.2) is 0 Å². The molecule has 2 fully saturated rings. The Kier molecular flexibility index (Phi) is 1.95. The molecule has 0 amide bonds. The molecule has 2 nitrogen and oxygen atoms in total. The van der Waals surface area contributed by atoms with Gasteiger partial charge in [0.15, 0.2) is 0 Å². The molecule has 0 aromatic rings. The molecule has 1 saturated heterocycles. The zero-order valence-corrected chi connectivity index (χ0v) is 6.66. The van der Waals surface area contributed by atoms with Crippen LogP contribution in [0, 0.1) is 17.8 Å². The zero-order valence-electron chi connectivity index (χ0n) is 6.66. The molecule has 11 heavy (non-hydrogen) atoms. The number of aldehydes is 1. The fraction of sp³-hybridized carbons (Fsp3) is 0.889. The minimum atomic E-state index is 0.377. The molecule has 0 radical (unpaired) electrons. The molecule has 2 aliphatic rings. The molecular formula is C9H14O2. The Morgan fingerprint density at radius 2 is 2.36 bits per heavy atom. The molecule has 1 aliphatic heterocycles. The Morgan fingerprint density at radius 3 is 2.91 bits per heavy atom. The van der Waals surface area contributed by atoms with Crippen LogP contribution in [-0.2, 0) is 9.53 Å². The van der Waals surface area contributed by atoms with Crippen LogP contribution in [0.4, 0.5) is 0 Å². The molecule has 0 unspecified atom stereocenters. The average Bonchev–Trinajstić information content (AvgIpc) is 2.85. The van der Waals surface area contributed by atoms with Crippen LogP contribution in [0.3, 0.4) is 0 Å². The first-order valence-electron chi connectivity index (χ1n) is 4.45. The highest BCUT2D eigenvalue weighted by Crippen LogP contribution is 2.45. The van der Waals surface area contributed by atoms with Gasteiger partial charge in [0.25, 0.3) is 0 Å². The van der Waals surface area contributed by atoms with Crippen molar-refractivity contribution in [2.75, 3.05) is 13.2 Å². The van der Waals surface area contributed by atoms with Crippen molar-refractivity contribution in [1.29, 1.82) is 0 Å². The molecule has 0 bridgehead atoms. The Hall–Kier alpha value is -0.370. The van der Waals surface area contributed by atoms with Crippen molar-refractivity contribution < 1.29 is 9.53 Å². The summed E-state index contributed by atoms with van der Waals surface area (Å²) in [4.78, 5) is 10.4. The topological polar surface area (TPSA) is 26.3 Å². The van der Waals surface area contributed by atoms with Crippen LogP contribution in [0.25, 0.3) is 0 Å². The Balaban J connectivity index is 1.81. The van der Waals surface area contributed by atoms with Crippen LogP contribution >= 0.6 is 0 Å². The van der Waals surface area contributed by atoms with E-state index in [0.717, 1.165) is 25.9 Å². The maximum absolute atomic E-state index is 10.4. The summed E-state index contributed by atoms with van der Waals surface area (Å²) in [6, 6.07) is 0. The third-order valence-electron chi connectivity index (χ3n) is 2.87. The first kappa shape index (κ1) is 7.29. The third kappa shape index (κ3) is 1.45. The molecular weight excluding hydrogens is 140 g/mol. The Bertz CT molecular complexity index is 150. The van der Waals surface area contributed by atoms with Crippen molar-refractivity contribution in [3.05, 3.63) is 0 Å². The SMILES string of the molecule is O=C[C@@H]1C[C@H]1[C@H]1CCCOC1. The van der Waals surface area contributed by atoms with Gasteiger partial charge in [0, 0.05) is 19.1 Å². The summed E-state index contributed by atoms with van der Waals surface area (Å²) < 4.78 is 5.36. The molecule has 0 aromatic carbocycles. The number of carbonyl (C=O) groups is 1. The van der Waals surface area contributed by atoms with Gasteiger partial charge < -0.3 is 9.53 Å². The first-order valence-corrected chi connectivity index (χ1v) is 4.45. The van der Waals surface area contributed by atoms with Gasteiger partial charge in [-0.05, 0) is 31.1 Å². The fourth-order valence-corrected chi connectivity index (χ4v) is 2.04. The summed E-state index contributed by atoms with van der Waals surface area (Å²) in [6.07, 6.45) is 4.69. The number of carbonyl (C=O) groups excluding carboxylic acids is 1. The molecule has 0 aromatic heterocycles. The molecule has 0 N–H and O–H groups in total. The molecule has 0 spiro atoms. The average molecular weight is 154 g/mol. The van der Waals surface area contributed by atoms with Crippen molar-refractivity contribution in [3.8, 4) is 0 Å². The predicted molar refractivity (Wildman–Crippen MR) is 41.2 cm³/mol. The highest BCUT2D eigenvalue weighted by atomic mass is 16.5. The van der Waals surface area contributed by atoms with Crippen LogP contribution in [0.1, 0.15) is 19.3 Å². The van der Waals surface area contributed by atoms with Crippen molar-refractivity contribution >= 4 is 6.29 Å². The molecule has 62 valence electrons. The smallest absolute Gasteiger partial charge is 0.123 e. The zero-order chi connectivity index (χ0) is 7.68. The van der Waals surface area contributed by atoms with E-state index in [0.29, 0.717) is 17.8 Å². The number of ether oxygens (including phenoxy) is 1. The van der Waals surface area contributed by atoms with Crippen LogP contribution < -0.4 is 0 Å². The Morgan fingerprint density at radius 1 is 1.45 bits per heavy atom. The fourth-order valence-electron chi connectivity index (χ4n) is 2.04. The summed E-state index contributed by atoms with van der Waals surface area (Å²) in [6.45, 7) is 1.82. The van der Waals surface area contributed by atoms with Crippen molar-refractivity contribution in [2.45, 2.75) is 19.3 Å². The van der Waals surface area contributed by atoms with Crippen LogP contribution in [0.15, 0.2) is 0 Å². The van der Waals surface area contributed by atoms with E-state index < -0.39 is 0 Å². The summed E-state index contributed by atoms with van der Waals surface area (Å²) in [5.41, 5.74) is 0. The highest BCUT2D eigenvalue weighted by Gasteiger charge is 2.42. The van der Waals surface area contributed by atoms with Gasteiger partial charge in [-0.2, -0.15) is 0 Å². The molecule has 1 aliphatic carbocycles. The van der Waals surface area contributed by atoms with E-state index in [1.165, 1.54) is 12.8 Å². The van der Waals surface area contributed by atoms with Gasteiger partial charge in [-0.3, -0.25) is 0 Å². The van der Waals surface area contributed by atoms with Gasteiger partial charge in [-0.15, -0.1) is 0 Å². The lowest BCUT2D eigenvalue weighted by Crippen LogP contribution is -2.19. The second-order valence-corrected chi connectivity index (χ2v) is 3.68. The van der Waals surface area contributed by atoms with Gasteiger partial charge in [0.2, 0.25) is 0 Å². The maximum atomic E-state index is 10.4. The van der Waals surface area contributed by atoms with Crippen molar-refractivity contribution in [3.63, 3.8) is 0 Å². The van der Waals surface area contributed by atoms with E-state index in [9.17, 15) is 4.79 Å². The second kappa shape index (κ2) is 2.94. The summed E-state index contributed by atoms with van der Waals surface area (Å²) in [5.74, 6) is 1.74. The normalized spacial score (nSPS) is 43.5. The Labute approximate surface area is 66.9 Å². The van der Waals surface area contributed by atoms with E-state index in [2.05, 4.69) is 0 Å². The van der Waals surface area contributed by atoms with E-state index >= 15 is 0 Å². The highest BCUT2D eigenvalue weighted by molar-refractivity contribution is 5.58. The number of hydrogen-bond donors (Lipinski definition) is 0. The molecule has 3 atom stereocenters. The van der Waals surface area contributed by atoms with Crippen LogP contribution in [0.5, 0.6) is 0 Å². The van der Waals surface area contributed by atoms with Crippen LogP contribution in [-0.4, -0.2) is 19.5 Å². The number of hydrogen-bond acceptors (Lipinski definition) is 2. The van der Waals surface area contributed by atoms with E-state index in [-0.39, 0.29) is 0 Å². The lowest BCUT2D eigenvalue weighted by atomic mass is 9.96. The lowest BCUT2D eigenvalue weighted by Gasteiger charge is -2.21. The van der Waals surface area contributed by atoms with Gasteiger partial charge in [0.05, 0.1) is 0 Å². The third-order valence-corrected chi connectivity index (χ3v) is 2.87. The quantitative estimate of drug-likeness (QED) is 0.559. The largest absolute Gasteiger partial charge is 0.381 e. The minimum absolute atomic E-state index is 0.377. The van der Waals surface area contributed by atoms with Crippen molar-refractivity contribution in [2.24, 2.45) is 17.8 Å². The standard InChI is InChI=1S/C9H14O2/c10-5-8-4-9(8)7-2-1-3-11-6-7/h5,7-9H,1-4,6H2/t7-,8-,9-/m0/s1. The maximum Gasteiger partial charge on any atom is 0.123 e. The van der Waals surface area contributed by atoms with E-state index in [1.807, 2.05) is 0 Å². The van der Waals surface area contributed by atoms with Gasteiger partial charge in [-0.1, -0.05) is 0 Å². The van der Waals surface area contributed by atoms with Crippen molar-refractivity contribution in [1.82, 2.24) is 0 Å². The van der Waals surface area contributed by atoms with Gasteiger partial charge in [0.1, 0.15) is 6.29 Å². The second-order valence-electron chi connectivity index (χ2n) is 3.68. The van der Waals surface area contributed by atoms with Crippen LogP contribution in [0.2, 0.25) is 0 Å². The summed E-state index contributed by atoms with van der Waals surface area (Å²) >= 11 is 0. The van der Waals surface area contributed by atoms with E-state index in [4.69, 9.17) is 4.74 Å². The van der Waals surface area contributed by atoms with E-state index in [1.54, 1.807) is 0 Å². The minimum Gasteiger partial charge on any atom is -0.381 e. The number of rotatable bonds is 2. The molecule has 2 rings (SSSR count). The molecule has 1 heterocycles. The molecule has 1 saturated carbocycles. The predicted octanol–water partition coefficient (Wildman–Crippen LogP) is 1.25. The molecule has 2 heteroatoms. The summed E-state index contributed by atoms with van der Waals surface area (Å²) in [5, 5.41) is 0. The lowest BCUT2D eigenvalue weighted by molar-refractivity contribution is -0.109. The summed E-state index contributed by atoms with van der Waals surface area (Å²) in [7, 11) is 0.